The number of benzene rings is 2. The van der Waals surface area contributed by atoms with Gasteiger partial charge in [0.05, 0.1) is 11.1 Å². The predicted molar refractivity (Wildman–Crippen MR) is 159 cm³/mol. The second-order valence-electron chi connectivity index (χ2n) is 12.7. The van der Waals surface area contributed by atoms with Crippen LogP contribution in [-0.4, -0.2) is 79.7 Å². The molecule has 1 saturated heterocycles. The summed E-state index contributed by atoms with van der Waals surface area (Å²) in [6.07, 6.45) is 5.41. The molecule has 2 aromatic rings. The summed E-state index contributed by atoms with van der Waals surface area (Å²) in [5.41, 5.74) is 2.37. The molecule has 8 nitrogen and oxygen atoms in total. The van der Waals surface area contributed by atoms with Gasteiger partial charge in [-0.1, -0.05) is 42.5 Å². The van der Waals surface area contributed by atoms with E-state index in [1.54, 1.807) is 0 Å². The van der Waals surface area contributed by atoms with Crippen LogP contribution in [0, 0.1) is 11.3 Å². The summed E-state index contributed by atoms with van der Waals surface area (Å²) in [6.45, 7) is 0.874. The minimum atomic E-state index is -1.67. The van der Waals surface area contributed by atoms with Gasteiger partial charge in [0.1, 0.15) is 6.10 Å². The molecular formula is C33H39N5O3. The second kappa shape index (κ2) is 9.02. The average Bonchev–Trinajstić information content (AvgIpc) is 3.30. The third-order valence-corrected chi connectivity index (χ3v) is 10.2. The molecule has 214 valence electrons. The average molecular weight is 554 g/mol. The monoisotopic (exact) mass is 553 g/mol. The van der Waals surface area contributed by atoms with E-state index < -0.39 is 22.8 Å². The smallest absolute Gasteiger partial charge is 0.238 e. The summed E-state index contributed by atoms with van der Waals surface area (Å²) in [5, 5.41) is 33.7. The standard InChI is InChI=1S/C33H39N5O3/c1-36(2)24-13-11-23(12-14-24)34-35-32(40)16-15-21-19-26-25-20-27(37(3)4)29(39)33(22-9-7-6-8-10-22)31(25,17-18-38(26)5)28(21)30(32)41-33/h6-15,20,25-26,29,39-40H,16-19H2,1-5H3/t25-,26+,29-,31-,32?,33-/m0/s1. The number of piperidine rings is 1. The lowest BCUT2D eigenvalue weighted by Crippen LogP contribution is -2.68. The summed E-state index contributed by atoms with van der Waals surface area (Å²) in [5.74, 6) is 0.540. The fourth-order valence-electron chi connectivity index (χ4n) is 8.21. The number of aliphatic hydroxyl groups excluding tert-OH is 1. The van der Waals surface area contributed by atoms with Gasteiger partial charge in [-0.3, -0.25) is 0 Å². The summed E-state index contributed by atoms with van der Waals surface area (Å²) in [7, 11) is 10.2. The Balaban J connectivity index is 1.43. The third kappa shape index (κ3) is 3.44. The van der Waals surface area contributed by atoms with Crippen LogP contribution in [0.2, 0.25) is 0 Å². The topological polar surface area (TPSA) is 84.1 Å². The lowest BCUT2D eigenvalue weighted by atomic mass is 9.45. The molecule has 3 aliphatic carbocycles. The molecule has 2 heterocycles. The highest BCUT2D eigenvalue weighted by molar-refractivity contribution is 5.60. The van der Waals surface area contributed by atoms with E-state index in [9.17, 15) is 10.2 Å². The van der Waals surface area contributed by atoms with Crippen LogP contribution in [0.15, 0.2) is 99.6 Å². The summed E-state index contributed by atoms with van der Waals surface area (Å²) < 4.78 is 7.18. The molecule has 2 bridgehead atoms. The van der Waals surface area contributed by atoms with Gasteiger partial charge in [-0.25, -0.2) is 0 Å². The molecular weight excluding hydrogens is 514 g/mol. The number of rotatable bonds is 5. The van der Waals surface area contributed by atoms with Gasteiger partial charge in [0.2, 0.25) is 5.72 Å². The quantitative estimate of drug-likeness (QED) is 0.528. The van der Waals surface area contributed by atoms with Crippen molar-refractivity contribution in [3.63, 3.8) is 0 Å². The molecule has 1 spiro atoms. The highest BCUT2D eigenvalue weighted by Gasteiger charge is 2.76. The second-order valence-corrected chi connectivity index (χ2v) is 12.7. The van der Waals surface area contributed by atoms with Crippen LogP contribution < -0.4 is 4.90 Å². The van der Waals surface area contributed by atoms with Gasteiger partial charge in [0.25, 0.3) is 0 Å². The molecule has 2 aromatic carbocycles. The molecule has 0 amide bonds. The minimum Gasteiger partial charge on any atom is -0.477 e. The third-order valence-electron chi connectivity index (χ3n) is 10.2. The van der Waals surface area contributed by atoms with Crippen LogP contribution in [-0.2, 0) is 10.3 Å². The first-order valence-electron chi connectivity index (χ1n) is 14.5. The fraction of sp³-hybridized carbons (Fsp3) is 0.455. The number of ether oxygens (including phenoxy) is 1. The molecule has 2 fully saturated rings. The van der Waals surface area contributed by atoms with Gasteiger partial charge in [-0.2, -0.15) is 5.11 Å². The van der Waals surface area contributed by atoms with Gasteiger partial charge in [0, 0.05) is 63.5 Å². The largest absolute Gasteiger partial charge is 0.477 e. The number of aliphatic hydroxyl groups is 2. The first-order chi connectivity index (χ1) is 19.6. The highest BCUT2D eigenvalue weighted by Crippen LogP contribution is 2.73. The minimum absolute atomic E-state index is 0.0878. The van der Waals surface area contributed by atoms with Crippen molar-refractivity contribution in [3.8, 4) is 0 Å². The number of azo groups is 1. The number of likely N-dealkylation sites (N-methyl/N-ethyl adjacent to an activating group) is 1. The van der Waals surface area contributed by atoms with Crippen molar-refractivity contribution < 1.29 is 14.9 Å². The fourth-order valence-corrected chi connectivity index (χ4v) is 8.21. The maximum absolute atomic E-state index is 12.4. The van der Waals surface area contributed by atoms with Gasteiger partial charge in [-0.15, -0.1) is 5.11 Å². The molecule has 1 unspecified atom stereocenters. The number of hydrogen-bond donors (Lipinski definition) is 2. The number of nitrogens with zero attached hydrogens (tertiary/aromatic N) is 5. The lowest BCUT2D eigenvalue weighted by molar-refractivity contribution is -0.193. The summed E-state index contributed by atoms with van der Waals surface area (Å²) >= 11 is 0. The normalized spacial score (nSPS) is 35.5. The van der Waals surface area contributed by atoms with E-state index in [1.807, 2.05) is 80.5 Å². The van der Waals surface area contributed by atoms with Crippen LogP contribution in [0.25, 0.3) is 0 Å². The van der Waals surface area contributed by atoms with Crippen molar-refractivity contribution in [3.05, 3.63) is 94.9 Å². The Kier molecular flexibility index (Phi) is 5.82. The van der Waals surface area contributed by atoms with E-state index in [0.29, 0.717) is 11.4 Å². The summed E-state index contributed by atoms with van der Waals surface area (Å²) in [4.78, 5) is 6.49. The molecule has 0 aromatic heterocycles. The maximum Gasteiger partial charge on any atom is 0.238 e. The molecule has 8 heteroatoms. The molecule has 2 aliphatic heterocycles. The van der Waals surface area contributed by atoms with Crippen LogP contribution in [0.3, 0.4) is 0 Å². The van der Waals surface area contributed by atoms with Crippen LogP contribution in [0.5, 0.6) is 0 Å². The van der Waals surface area contributed by atoms with Crippen molar-refractivity contribution >= 4 is 11.4 Å². The zero-order chi connectivity index (χ0) is 28.7. The van der Waals surface area contributed by atoms with E-state index in [-0.39, 0.29) is 18.4 Å². The van der Waals surface area contributed by atoms with E-state index in [1.165, 1.54) is 5.57 Å². The zero-order valence-corrected chi connectivity index (χ0v) is 24.5. The van der Waals surface area contributed by atoms with Crippen LogP contribution >= 0.6 is 0 Å². The highest BCUT2D eigenvalue weighted by atomic mass is 16.5. The zero-order valence-electron chi connectivity index (χ0n) is 24.5. The predicted octanol–water partition coefficient (Wildman–Crippen LogP) is 4.57. The van der Waals surface area contributed by atoms with E-state index in [4.69, 9.17) is 4.74 Å². The molecule has 0 radical (unpaired) electrons. The number of hydrogen-bond acceptors (Lipinski definition) is 8. The number of likely N-dealkylation sites (tertiary alicyclic amines) is 1. The molecule has 2 N–H and O–H groups in total. The van der Waals surface area contributed by atoms with Crippen molar-refractivity contribution in [2.75, 3.05) is 46.7 Å². The van der Waals surface area contributed by atoms with Crippen LogP contribution in [0.4, 0.5) is 11.4 Å². The molecule has 6 atom stereocenters. The summed E-state index contributed by atoms with van der Waals surface area (Å²) in [6, 6.07) is 18.2. The van der Waals surface area contributed by atoms with Crippen LogP contribution in [0.1, 0.15) is 24.8 Å². The Morgan fingerprint density at radius 2 is 1.73 bits per heavy atom. The molecule has 7 rings (SSSR count). The van der Waals surface area contributed by atoms with Gasteiger partial charge in [0.15, 0.2) is 11.4 Å². The van der Waals surface area contributed by atoms with E-state index in [0.717, 1.165) is 41.9 Å². The van der Waals surface area contributed by atoms with Crippen molar-refractivity contribution in [2.45, 2.75) is 42.7 Å². The molecule has 41 heavy (non-hydrogen) atoms. The van der Waals surface area contributed by atoms with Gasteiger partial charge in [-0.05, 0) is 61.8 Å². The Hall–Kier alpha value is -3.46. The molecule has 5 aliphatic rings. The van der Waals surface area contributed by atoms with Crippen molar-refractivity contribution in [2.24, 2.45) is 21.6 Å². The lowest BCUT2D eigenvalue weighted by Gasteiger charge is -2.63. The Bertz CT molecular complexity index is 1500. The number of anilines is 1. The maximum atomic E-state index is 12.4. The van der Waals surface area contributed by atoms with Crippen molar-refractivity contribution in [1.82, 2.24) is 9.80 Å². The van der Waals surface area contributed by atoms with Gasteiger partial charge >= 0.3 is 0 Å². The Morgan fingerprint density at radius 1 is 1.00 bits per heavy atom. The van der Waals surface area contributed by atoms with Gasteiger partial charge < -0.3 is 29.6 Å². The Labute approximate surface area is 241 Å². The molecule has 1 saturated carbocycles. The van der Waals surface area contributed by atoms with E-state index >= 15 is 0 Å². The van der Waals surface area contributed by atoms with Crippen molar-refractivity contribution in [1.29, 1.82) is 0 Å². The first-order valence-corrected chi connectivity index (χ1v) is 14.5. The SMILES string of the molecule is CN(C)C1=C[C@H]2[C@H]3CC4=CCC(O)(N=Nc5ccc(N(C)C)cc5)C5=C4[C@@]2(CCN3C)[C@@](c2ccccc2)(O5)[C@H]1O. The van der Waals surface area contributed by atoms with E-state index in [2.05, 4.69) is 46.5 Å². The first kappa shape index (κ1) is 26.4. The Morgan fingerprint density at radius 3 is 2.41 bits per heavy atom.